The summed E-state index contributed by atoms with van der Waals surface area (Å²) in [5.74, 6) is 0.553. The molecule has 0 saturated carbocycles. The number of rotatable bonds is 2. The molecule has 1 unspecified atom stereocenters. The molecule has 1 aromatic heterocycles. The maximum absolute atomic E-state index is 12.4. The Labute approximate surface area is 111 Å². The molecule has 1 saturated heterocycles. The monoisotopic (exact) mass is 258 g/mol. The molecule has 1 aliphatic heterocycles. The van der Waals surface area contributed by atoms with Gasteiger partial charge < -0.3 is 10.3 Å². The topological polar surface area (TPSA) is 69.8 Å². The third kappa shape index (κ3) is 2.33. The number of aromatic amines is 1. The van der Waals surface area contributed by atoms with Gasteiger partial charge in [-0.05, 0) is 38.4 Å². The molecule has 5 heteroatoms. The number of benzene rings is 1. The van der Waals surface area contributed by atoms with Gasteiger partial charge in [0, 0.05) is 6.54 Å². The number of hydrogen-bond acceptors (Lipinski definition) is 3. The van der Waals surface area contributed by atoms with E-state index in [-0.39, 0.29) is 11.3 Å². The Kier molecular flexibility index (Phi) is 2.98. The molecule has 1 amide bonds. The summed E-state index contributed by atoms with van der Waals surface area (Å²) in [4.78, 5) is 19.8. The lowest BCUT2D eigenvalue weighted by atomic mass is 9.82. The average molecular weight is 258 g/mol. The zero-order valence-corrected chi connectivity index (χ0v) is 11.0. The molecule has 19 heavy (non-hydrogen) atoms. The highest BCUT2D eigenvalue weighted by molar-refractivity contribution is 5.95. The fraction of sp³-hybridized carbons (Fsp3) is 0.429. The van der Waals surface area contributed by atoms with Gasteiger partial charge in [0.25, 0.3) is 0 Å². The van der Waals surface area contributed by atoms with Gasteiger partial charge in [-0.1, -0.05) is 12.1 Å². The lowest BCUT2D eigenvalue weighted by molar-refractivity contribution is -0.125. The Morgan fingerprint density at radius 1 is 1.42 bits per heavy atom. The number of nitrogens with zero attached hydrogens (tertiary/aromatic N) is 1. The van der Waals surface area contributed by atoms with Gasteiger partial charge in [0.15, 0.2) is 0 Å². The van der Waals surface area contributed by atoms with E-state index in [1.807, 2.05) is 31.2 Å². The number of aromatic nitrogens is 2. The first-order chi connectivity index (χ1) is 9.17. The van der Waals surface area contributed by atoms with Crippen LogP contribution in [0.1, 0.15) is 19.8 Å². The summed E-state index contributed by atoms with van der Waals surface area (Å²) in [7, 11) is 0. The van der Waals surface area contributed by atoms with E-state index in [2.05, 4.69) is 20.6 Å². The second-order valence-electron chi connectivity index (χ2n) is 5.40. The predicted octanol–water partition coefficient (Wildman–Crippen LogP) is 1.89. The van der Waals surface area contributed by atoms with Crippen molar-refractivity contribution in [3.05, 3.63) is 24.3 Å². The highest BCUT2D eigenvalue weighted by Crippen LogP contribution is 2.27. The van der Waals surface area contributed by atoms with Gasteiger partial charge in [-0.2, -0.15) is 0 Å². The molecule has 3 rings (SSSR count). The van der Waals surface area contributed by atoms with Crippen molar-refractivity contribution in [2.75, 3.05) is 18.4 Å². The summed E-state index contributed by atoms with van der Waals surface area (Å²) in [6.07, 6.45) is 1.94. The smallest absolute Gasteiger partial charge is 0.233 e. The quantitative estimate of drug-likeness (QED) is 0.770. The maximum atomic E-state index is 12.4. The highest BCUT2D eigenvalue weighted by atomic mass is 16.2. The molecule has 1 fully saturated rings. The molecule has 2 aromatic rings. The lowest BCUT2D eigenvalue weighted by Crippen LogP contribution is -2.46. The first kappa shape index (κ1) is 12.2. The Bertz CT molecular complexity index is 565. The van der Waals surface area contributed by atoms with Gasteiger partial charge in [0.1, 0.15) is 0 Å². The molecule has 1 atom stereocenters. The zero-order valence-electron chi connectivity index (χ0n) is 11.0. The van der Waals surface area contributed by atoms with Gasteiger partial charge in [0.2, 0.25) is 11.9 Å². The van der Waals surface area contributed by atoms with Crippen LogP contribution in [0.4, 0.5) is 5.95 Å². The molecule has 0 radical (unpaired) electrons. The van der Waals surface area contributed by atoms with Crippen LogP contribution in [-0.4, -0.2) is 29.0 Å². The number of carbonyl (C=O) groups is 1. The van der Waals surface area contributed by atoms with E-state index in [1.54, 1.807) is 0 Å². The standard InChI is InChI=1S/C14H18N4O/c1-14(7-4-8-15-9-14)12(19)18-13-16-10-5-2-3-6-11(10)17-13/h2-3,5-6,15H,4,7-9H2,1H3,(H2,16,17,18,19). The van der Waals surface area contributed by atoms with Crippen molar-refractivity contribution in [2.45, 2.75) is 19.8 Å². The summed E-state index contributed by atoms with van der Waals surface area (Å²) in [5, 5.41) is 6.17. The van der Waals surface area contributed by atoms with Crippen LogP contribution in [0.15, 0.2) is 24.3 Å². The number of nitrogens with one attached hydrogen (secondary N) is 3. The van der Waals surface area contributed by atoms with Crippen molar-refractivity contribution in [1.29, 1.82) is 0 Å². The van der Waals surface area contributed by atoms with E-state index in [0.717, 1.165) is 37.0 Å². The summed E-state index contributed by atoms with van der Waals surface area (Å²) < 4.78 is 0. The molecule has 5 nitrogen and oxygen atoms in total. The number of hydrogen-bond donors (Lipinski definition) is 3. The van der Waals surface area contributed by atoms with Gasteiger partial charge in [0.05, 0.1) is 16.4 Å². The van der Waals surface area contributed by atoms with Gasteiger partial charge >= 0.3 is 0 Å². The fourth-order valence-electron chi connectivity index (χ4n) is 2.52. The van der Waals surface area contributed by atoms with Crippen LogP contribution in [0.2, 0.25) is 0 Å². The molecule has 1 aromatic carbocycles. The van der Waals surface area contributed by atoms with E-state index in [1.165, 1.54) is 0 Å². The molecule has 0 bridgehead atoms. The van der Waals surface area contributed by atoms with Crippen molar-refractivity contribution in [3.63, 3.8) is 0 Å². The van der Waals surface area contributed by atoms with Crippen LogP contribution < -0.4 is 10.6 Å². The molecule has 2 heterocycles. The van der Waals surface area contributed by atoms with Crippen molar-refractivity contribution in [1.82, 2.24) is 15.3 Å². The van der Waals surface area contributed by atoms with Crippen molar-refractivity contribution in [3.8, 4) is 0 Å². The summed E-state index contributed by atoms with van der Waals surface area (Å²) >= 11 is 0. The third-order valence-corrected chi connectivity index (χ3v) is 3.77. The Balaban J connectivity index is 1.78. The minimum absolute atomic E-state index is 0.0266. The second kappa shape index (κ2) is 4.66. The number of H-pyrrole nitrogens is 1. The van der Waals surface area contributed by atoms with E-state index in [9.17, 15) is 4.79 Å². The van der Waals surface area contributed by atoms with Gasteiger partial charge in [-0.3, -0.25) is 10.1 Å². The minimum Gasteiger partial charge on any atom is -0.324 e. The van der Waals surface area contributed by atoms with Crippen LogP contribution in [0.5, 0.6) is 0 Å². The Hall–Kier alpha value is -1.88. The normalized spacial score (nSPS) is 23.4. The molecule has 3 N–H and O–H groups in total. The van der Waals surface area contributed by atoms with Crippen molar-refractivity contribution >= 4 is 22.9 Å². The van der Waals surface area contributed by atoms with Crippen LogP contribution >= 0.6 is 0 Å². The zero-order chi connectivity index (χ0) is 13.3. The van der Waals surface area contributed by atoms with E-state index < -0.39 is 0 Å². The van der Waals surface area contributed by atoms with E-state index in [4.69, 9.17) is 0 Å². The Morgan fingerprint density at radius 3 is 3.00 bits per heavy atom. The number of fused-ring (bicyclic) bond motifs is 1. The Morgan fingerprint density at radius 2 is 2.26 bits per heavy atom. The molecule has 0 spiro atoms. The highest BCUT2D eigenvalue weighted by Gasteiger charge is 2.34. The first-order valence-corrected chi connectivity index (χ1v) is 6.64. The minimum atomic E-state index is -0.350. The van der Waals surface area contributed by atoms with Crippen LogP contribution in [0.25, 0.3) is 11.0 Å². The average Bonchev–Trinajstić information content (AvgIpc) is 2.81. The largest absolute Gasteiger partial charge is 0.324 e. The fourth-order valence-corrected chi connectivity index (χ4v) is 2.52. The first-order valence-electron chi connectivity index (χ1n) is 6.64. The van der Waals surface area contributed by atoms with Crippen molar-refractivity contribution in [2.24, 2.45) is 5.41 Å². The summed E-state index contributed by atoms with van der Waals surface area (Å²) in [6, 6.07) is 7.74. The third-order valence-electron chi connectivity index (χ3n) is 3.77. The van der Waals surface area contributed by atoms with Crippen LogP contribution in [0.3, 0.4) is 0 Å². The van der Waals surface area contributed by atoms with Crippen LogP contribution in [0, 0.1) is 5.41 Å². The number of para-hydroxylation sites is 2. The van der Waals surface area contributed by atoms with Gasteiger partial charge in [-0.15, -0.1) is 0 Å². The van der Waals surface area contributed by atoms with E-state index >= 15 is 0 Å². The molecule has 0 aliphatic carbocycles. The molecular weight excluding hydrogens is 240 g/mol. The molecule has 100 valence electrons. The lowest BCUT2D eigenvalue weighted by Gasteiger charge is -2.32. The number of anilines is 1. The summed E-state index contributed by atoms with van der Waals surface area (Å²) in [6.45, 7) is 3.71. The van der Waals surface area contributed by atoms with Crippen molar-refractivity contribution < 1.29 is 4.79 Å². The SMILES string of the molecule is CC1(C(=O)Nc2nc3ccccc3[nH]2)CCCNC1. The molecule has 1 aliphatic rings. The second-order valence-corrected chi connectivity index (χ2v) is 5.40. The van der Waals surface area contributed by atoms with Gasteiger partial charge in [-0.25, -0.2) is 4.98 Å². The maximum Gasteiger partial charge on any atom is 0.233 e. The van der Waals surface area contributed by atoms with Crippen LogP contribution in [-0.2, 0) is 4.79 Å². The number of carbonyl (C=O) groups excluding carboxylic acids is 1. The number of piperidine rings is 1. The number of imidazole rings is 1. The molecular formula is C14H18N4O. The number of amides is 1. The summed E-state index contributed by atoms with van der Waals surface area (Å²) in [5.41, 5.74) is 1.45. The predicted molar refractivity (Wildman–Crippen MR) is 74.9 cm³/mol. The van der Waals surface area contributed by atoms with E-state index in [0.29, 0.717) is 5.95 Å².